The van der Waals surface area contributed by atoms with E-state index in [9.17, 15) is 4.79 Å². The molecule has 29 heavy (non-hydrogen) atoms. The van der Waals surface area contributed by atoms with Crippen molar-refractivity contribution in [3.05, 3.63) is 83.7 Å². The number of hydrogen-bond donors (Lipinski definition) is 1. The predicted molar refractivity (Wildman–Crippen MR) is 116 cm³/mol. The van der Waals surface area contributed by atoms with Crippen molar-refractivity contribution in [1.29, 1.82) is 0 Å². The molecule has 0 spiro atoms. The van der Waals surface area contributed by atoms with E-state index in [1.807, 2.05) is 75.6 Å². The van der Waals surface area contributed by atoms with Gasteiger partial charge in [0.15, 0.2) is 0 Å². The number of nitrogens with zero attached hydrogens (tertiary/aromatic N) is 2. The van der Waals surface area contributed by atoms with Crippen molar-refractivity contribution in [2.75, 3.05) is 19.4 Å². The van der Waals surface area contributed by atoms with E-state index in [4.69, 9.17) is 4.42 Å². The zero-order valence-electron chi connectivity index (χ0n) is 16.8. The van der Waals surface area contributed by atoms with Crippen molar-refractivity contribution < 1.29 is 9.21 Å². The number of amides is 1. The summed E-state index contributed by atoms with van der Waals surface area (Å²) in [4.78, 5) is 19.1. The van der Waals surface area contributed by atoms with E-state index >= 15 is 0 Å². The van der Waals surface area contributed by atoms with Gasteiger partial charge >= 0.3 is 0 Å². The molecule has 4 aromatic rings. The fourth-order valence-electron chi connectivity index (χ4n) is 3.26. The molecular weight excluding hydrogens is 362 g/mol. The highest BCUT2D eigenvalue weighted by Crippen LogP contribution is 2.27. The van der Waals surface area contributed by atoms with E-state index in [1.54, 1.807) is 12.5 Å². The second-order valence-corrected chi connectivity index (χ2v) is 7.51. The lowest BCUT2D eigenvalue weighted by Gasteiger charge is -2.10. The van der Waals surface area contributed by atoms with Gasteiger partial charge in [-0.2, -0.15) is 0 Å². The number of carbonyl (C=O) groups excluding carboxylic acids is 1. The normalized spacial score (nSPS) is 11.2. The van der Waals surface area contributed by atoms with Crippen molar-refractivity contribution >= 4 is 22.5 Å². The molecule has 0 bridgehead atoms. The fourth-order valence-corrected chi connectivity index (χ4v) is 3.26. The van der Waals surface area contributed by atoms with Crippen LogP contribution in [0.15, 0.2) is 71.5 Å². The average Bonchev–Trinajstić information content (AvgIpc) is 3.14. The summed E-state index contributed by atoms with van der Waals surface area (Å²) < 4.78 is 5.60. The van der Waals surface area contributed by atoms with E-state index in [2.05, 4.69) is 15.2 Å². The maximum atomic E-state index is 12.6. The van der Waals surface area contributed by atoms with Gasteiger partial charge in [-0.05, 0) is 67.9 Å². The molecule has 0 aliphatic heterocycles. The van der Waals surface area contributed by atoms with Crippen LogP contribution in [0.2, 0.25) is 0 Å². The zero-order valence-corrected chi connectivity index (χ0v) is 16.8. The van der Waals surface area contributed by atoms with Crippen LogP contribution in [0, 0.1) is 6.92 Å². The Bertz CT molecular complexity index is 1160. The molecule has 5 heteroatoms. The minimum absolute atomic E-state index is 0.175. The van der Waals surface area contributed by atoms with Gasteiger partial charge in [0.2, 0.25) is 0 Å². The fraction of sp³-hybridized carbons (Fsp3) is 0.167. The van der Waals surface area contributed by atoms with E-state index in [0.717, 1.165) is 39.8 Å². The van der Waals surface area contributed by atoms with E-state index < -0.39 is 0 Å². The SMILES string of the molecule is Cc1coc(-c2ccc3cnc(NC(=O)c4ccc(CN(C)C)cc4)cc3c2)c1. The van der Waals surface area contributed by atoms with Crippen LogP contribution < -0.4 is 5.32 Å². The van der Waals surface area contributed by atoms with Crippen LogP contribution >= 0.6 is 0 Å². The molecule has 0 radical (unpaired) electrons. The van der Waals surface area contributed by atoms with Crippen LogP contribution in [0.25, 0.3) is 22.1 Å². The lowest BCUT2D eigenvalue weighted by molar-refractivity contribution is 0.102. The highest BCUT2D eigenvalue weighted by Gasteiger charge is 2.09. The highest BCUT2D eigenvalue weighted by atomic mass is 16.3. The van der Waals surface area contributed by atoms with Crippen molar-refractivity contribution in [2.45, 2.75) is 13.5 Å². The van der Waals surface area contributed by atoms with Gasteiger partial charge in [0.05, 0.1) is 6.26 Å². The number of aryl methyl sites for hydroxylation is 1. The first-order valence-corrected chi connectivity index (χ1v) is 9.48. The van der Waals surface area contributed by atoms with Crippen LogP contribution in [0.3, 0.4) is 0 Å². The molecule has 0 atom stereocenters. The molecule has 1 amide bonds. The van der Waals surface area contributed by atoms with Crippen molar-refractivity contribution in [3.8, 4) is 11.3 Å². The Balaban J connectivity index is 1.55. The van der Waals surface area contributed by atoms with Gasteiger partial charge in [0.1, 0.15) is 11.6 Å². The summed E-state index contributed by atoms with van der Waals surface area (Å²) in [7, 11) is 4.04. The highest BCUT2D eigenvalue weighted by molar-refractivity contribution is 6.04. The number of hydrogen-bond acceptors (Lipinski definition) is 4. The molecule has 0 fully saturated rings. The number of furan rings is 1. The summed E-state index contributed by atoms with van der Waals surface area (Å²) in [6.07, 6.45) is 3.50. The monoisotopic (exact) mass is 385 g/mol. The van der Waals surface area contributed by atoms with Crippen molar-refractivity contribution in [2.24, 2.45) is 0 Å². The summed E-state index contributed by atoms with van der Waals surface area (Å²) >= 11 is 0. The molecule has 0 aliphatic rings. The summed E-state index contributed by atoms with van der Waals surface area (Å²) in [6.45, 7) is 2.84. The molecule has 1 N–H and O–H groups in total. The topological polar surface area (TPSA) is 58.4 Å². The van der Waals surface area contributed by atoms with Gasteiger partial charge in [-0.1, -0.05) is 24.3 Å². The maximum absolute atomic E-state index is 12.6. The number of carbonyl (C=O) groups is 1. The van der Waals surface area contributed by atoms with Gasteiger partial charge in [0.25, 0.3) is 5.91 Å². The minimum Gasteiger partial charge on any atom is -0.464 e. The van der Waals surface area contributed by atoms with E-state index in [-0.39, 0.29) is 5.91 Å². The molecular formula is C24H23N3O2. The van der Waals surface area contributed by atoms with Gasteiger partial charge in [-0.15, -0.1) is 0 Å². The number of anilines is 1. The second kappa shape index (κ2) is 7.89. The lowest BCUT2D eigenvalue weighted by atomic mass is 10.1. The standard InChI is InChI=1S/C24H23N3O2/c1-16-10-22(29-15-16)19-8-9-20-13-25-23(12-21(20)11-19)26-24(28)18-6-4-17(5-7-18)14-27(2)3/h4-13,15H,14H2,1-3H3,(H,25,26,28). The number of aromatic nitrogens is 1. The molecule has 2 aromatic carbocycles. The number of pyridine rings is 1. The van der Waals surface area contributed by atoms with Crippen LogP contribution in [0.5, 0.6) is 0 Å². The Morgan fingerprint density at radius 3 is 2.52 bits per heavy atom. The third-order valence-electron chi connectivity index (χ3n) is 4.69. The third-order valence-corrected chi connectivity index (χ3v) is 4.69. The Hall–Kier alpha value is -3.44. The summed E-state index contributed by atoms with van der Waals surface area (Å²) in [5.41, 5.74) is 3.84. The number of benzene rings is 2. The third kappa shape index (κ3) is 4.36. The smallest absolute Gasteiger partial charge is 0.256 e. The van der Waals surface area contributed by atoms with E-state index in [0.29, 0.717) is 11.4 Å². The molecule has 5 nitrogen and oxygen atoms in total. The molecule has 0 aliphatic carbocycles. The van der Waals surface area contributed by atoms with Gasteiger partial charge in [0, 0.05) is 29.3 Å². The molecule has 4 rings (SSSR count). The van der Waals surface area contributed by atoms with Crippen LogP contribution in [0.1, 0.15) is 21.5 Å². The predicted octanol–water partition coefficient (Wildman–Crippen LogP) is 5.12. The van der Waals surface area contributed by atoms with Crippen molar-refractivity contribution in [1.82, 2.24) is 9.88 Å². The summed E-state index contributed by atoms with van der Waals surface area (Å²) in [6, 6.07) is 17.6. The molecule has 0 unspecified atom stereocenters. The maximum Gasteiger partial charge on any atom is 0.256 e. The quantitative estimate of drug-likeness (QED) is 0.518. The Morgan fingerprint density at radius 1 is 1.03 bits per heavy atom. The van der Waals surface area contributed by atoms with Gasteiger partial charge in [-0.3, -0.25) is 4.79 Å². The Kier molecular flexibility index (Phi) is 5.14. The average molecular weight is 385 g/mol. The Labute approximate surface area is 170 Å². The first-order chi connectivity index (χ1) is 14.0. The first-order valence-electron chi connectivity index (χ1n) is 9.48. The van der Waals surface area contributed by atoms with Crippen molar-refractivity contribution in [3.63, 3.8) is 0 Å². The second-order valence-electron chi connectivity index (χ2n) is 7.51. The van der Waals surface area contributed by atoms with Gasteiger partial charge < -0.3 is 14.6 Å². The van der Waals surface area contributed by atoms with Gasteiger partial charge in [-0.25, -0.2) is 4.98 Å². The first kappa shape index (κ1) is 18.9. The zero-order chi connectivity index (χ0) is 20.4. The molecule has 146 valence electrons. The number of fused-ring (bicyclic) bond motifs is 1. The number of nitrogens with one attached hydrogen (secondary N) is 1. The molecule has 2 heterocycles. The number of rotatable bonds is 5. The summed E-state index contributed by atoms with van der Waals surface area (Å²) in [5.74, 6) is 1.17. The molecule has 0 saturated heterocycles. The summed E-state index contributed by atoms with van der Waals surface area (Å²) in [5, 5.41) is 4.88. The lowest BCUT2D eigenvalue weighted by Crippen LogP contribution is -2.14. The van der Waals surface area contributed by atoms with Crippen LogP contribution in [-0.2, 0) is 6.54 Å². The van der Waals surface area contributed by atoms with Crippen LogP contribution in [0.4, 0.5) is 5.82 Å². The molecule has 0 saturated carbocycles. The Morgan fingerprint density at radius 2 is 1.83 bits per heavy atom. The minimum atomic E-state index is -0.175. The molecule has 2 aromatic heterocycles. The van der Waals surface area contributed by atoms with E-state index in [1.165, 1.54) is 0 Å². The largest absolute Gasteiger partial charge is 0.464 e. The van der Waals surface area contributed by atoms with Crippen LogP contribution in [-0.4, -0.2) is 29.9 Å².